The molecule has 10 nitrogen and oxygen atoms in total. The summed E-state index contributed by atoms with van der Waals surface area (Å²) in [6.07, 6.45) is 2.10. The zero-order chi connectivity index (χ0) is 32.4. The quantitative estimate of drug-likeness (QED) is 0.207. The first-order chi connectivity index (χ1) is 21.7. The molecule has 0 bridgehead atoms. The zero-order valence-electron chi connectivity index (χ0n) is 27.3. The predicted octanol–water partition coefficient (Wildman–Crippen LogP) is 4.63. The SMILES string of the molecule is CCC(C)(C)C(=O)C(=O)N1CCC[C@@H]1C(=O)O[C@@H](CCc1ccc(OC)c(OC)c1)c1cccc(OCCN2CCOCC2)c1. The number of hydrogen-bond donors (Lipinski definition) is 0. The number of hydrogen-bond acceptors (Lipinski definition) is 9. The van der Waals surface area contributed by atoms with Gasteiger partial charge in [-0.1, -0.05) is 39.0 Å². The Labute approximate surface area is 266 Å². The molecule has 0 N–H and O–H groups in total. The highest BCUT2D eigenvalue weighted by atomic mass is 16.5. The molecule has 2 fully saturated rings. The Bertz CT molecular complexity index is 1310. The Kier molecular flexibility index (Phi) is 12.2. The Balaban J connectivity index is 1.51. The van der Waals surface area contributed by atoms with Crippen LogP contribution >= 0.6 is 0 Å². The average molecular weight is 625 g/mol. The van der Waals surface area contributed by atoms with Gasteiger partial charge in [-0.2, -0.15) is 0 Å². The molecule has 4 rings (SSSR count). The molecular formula is C35H48N2O8. The number of ketones is 1. The summed E-state index contributed by atoms with van der Waals surface area (Å²) < 4.78 is 28.6. The van der Waals surface area contributed by atoms with Crippen molar-refractivity contribution in [2.75, 3.05) is 60.2 Å². The normalized spacial score (nSPS) is 17.9. The van der Waals surface area contributed by atoms with Crippen LogP contribution in [0.25, 0.3) is 0 Å². The topological polar surface area (TPSA) is 104 Å². The summed E-state index contributed by atoms with van der Waals surface area (Å²) >= 11 is 0. The van der Waals surface area contributed by atoms with E-state index < -0.39 is 35.2 Å². The molecule has 1 amide bonds. The Morgan fingerprint density at radius 3 is 2.47 bits per heavy atom. The fourth-order valence-corrected chi connectivity index (χ4v) is 5.60. The molecule has 2 aliphatic rings. The van der Waals surface area contributed by atoms with Crippen LogP contribution in [0.15, 0.2) is 42.5 Å². The summed E-state index contributed by atoms with van der Waals surface area (Å²) in [5.41, 5.74) is 1.00. The Morgan fingerprint density at radius 1 is 1.00 bits per heavy atom. The van der Waals surface area contributed by atoms with Crippen LogP contribution in [-0.2, 0) is 30.3 Å². The van der Waals surface area contributed by atoms with Crippen molar-refractivity contribution in [3.05, 3.63) is 53.6 Å². The van der Waals surface area contributed by atoms with E-state index in [2.05, 4.69) is 4.90 Å². The van der Waals surface area contributed by atoms with Gasteiger partial charge in [0.1, 0.15) is 24.5 Å². The summed E-state index contributed by atoms with van der Waals surface area (Å²) in [7, 11) is 3.19. The molecule has 2 aromatic rings. The number of methoxy groups -OCH3 is 2. The van der Waals surface area contributed by atoms with E-state index in [1.165, 1.54) is 4.90 Å². The van der Waals surface area contributed by atoms with E-state index in [1.54, 1.807) is 28.1 Å². The van der Waals surface area contributed by atoms with Crippen LogP contribution in [0.3, 0.4) is 0 Å². The van der Waals surface area contributed by atoms with Crippen LogP contribution in [0, 0.1) is 5.41 Å². The van der Waals surface area contributed by atoms with E-state index in [-0.39, 0.29) is 0 Å². The largest absolute Gasteiger partial charge is 0.493 e. The number of benzene rings is 2. The number of carbonyl (C=O) groups excluding carboxylic acids is 3. The van der Waals surface area contributed by atoms with Gasteiger partial charge in [-0.3, -0.25) is 14.5 Å². The molecule has 2 heterocycles. The molecule has 0 saturated carbocycles. The van der Waals surface area contributed by atoms with Gasteiger partial charge in [-0.25, -0.2) is 4.79 Å². The molecule has 2 aliphatic heterocycles. The number of nitrogens with zero attached hydrogens (tertiary/aromatic N) is 2. The zero-order valence-corrected chi connectivity index (χ0v) is 27.3. The Hall–Kier alpha value is -3.63. The molecule has 0 radical (unpaired) electrons. The minimum absolute atomic E-state index is 0.354. The van der Waals surface area contributed by atoms with E-state index >= 15 is 0 Å². The number of rotatable bonds is 15. The van der Waals surface area contributed by atoms with Gasteiger partial charge in [-0.05, 0) is 67.5 Å². The molecule has 246 valence electrons. The van der Waals surface area contributed by atoms with Crippen LogP contribution in [0.2, 0.25) is 0 Å². The Morgan fingerprint density at radius 2 is 1.76 bits per heavy atom. The van der Waals surface area contributed by atoms with Gasteiger partial charge in [0, 0.05) is 31.6 Å². The van der Waals surface area contributed by atoms with Crippen LogP contribution in [0.4, 0.5) is 0 Å². The van der Waals surface area contributed by atoms with E-state index in [0.29, 0.717) is 62.5 Å². The first-order valence-electron chi connectivity index (χ1n) is 16.0. The fourth-order valence-electron chi connectivity index (χ4n) is 5.60. The third-order valence-electron chi connectivity index (χ3n) is 8.89. The van der Waals surface area contributed by atoms with Crippen LogP contribution < -0.4 is 14.2 Å². The van der Waals surface area contributed by atoms with Gasteiger partial charge in [0.15, 0.2) is 11.5 Å². The molecule has 2 atom stereocenters. The molecule has 2 saturated heterocycles. The lowest BCUT2D eigenvalue weighted by atomic mass is 9.84. The molecule has 0 unspecified atom stereocenters. The molecule has 0 aliphatic carbocycles. The van der Waals surface area contributed by atoms with Crippen molar-refractivity contribution in [2.45, 2.75) is 65.0 Å². The number of esters is 1. The van der Waals surface area contributed by atoms with Crippen molar-refractivity contribution in [3.63, 3.8) is 0 Å². The van der Waals surface area contributed by atoms with Gasteiger partial charge < -0.3 is 28.6 Å². The molecule has 0 aromatic heterocycles. The highest BCUT2D eigenvalue weighted by molar-refractivity contribution is 6.38. The molecule has 0 spiro atoms. The molecular weight excluding hydrogens is 576 g/mol. The van der Waals surface area contributed by atoms with Gasteiger partial charge in [0.05, 0.1) is 27.4 Å². The predicted molar refractivity (Wildman–Crippen MR) is 170 cm³/mol. The van der Waals surface area contributed by atoms with E-state index in [4.69, 9.17) is 23.7 Å². The first-order valence-corrected chi connectivity index (χ1v) is 16.0. The maximum Gasteiger partial charge on any atom is 0.329 e. The molecule has 2 aromatic carbocycles. The number of carbonyl (C=O) groups is 3. The second-order valence-electron chi connectivity index (χ2n) is 12.3. The van der Waals surface area contributed by atoms with E-state index in [0.717, 1.165) is 44.0 Å². The lowest BCUT2D eigenvalue weighted by molar-refractivity contribution is -0.161. The second-order valence-corrected chi connectivity index (χ2v) is 12.3. The van der Waals surface area contributed by atoms with Crippen LogP contribution in [0.1, 0.15) is 63.7 Å². The summed E-state index contributed by atoms with van der Waals surface area (Å²) in [5.74, 6) is 0.365. The fraction of sp³-hybridized carbons (Fsp3) is 0.571. The van der Waals surface area contributed by atoms with Gasteiger partial charge in [-0.15, -0.1) is 0 Å². The van der Waals surface area contributed by atoms with Crippen molar-refractivity contribution >= 4 is 17.7 Å². The van der Waals surface area contributed by atoms with Crippen molar-refractivity contribution in [2.24, 2.45) is 5.41 Å². The summed E-state index contributed by atoms with van der Waals surface area (Å²) in [4.78, 5) is 43.6. The van der Waals surface area contributed by atoms with Crippen molar-refractivity contribution in [3.8, 4) is 17.2 Å². The van der Waals surface area contributed by atoms with Crippen molar-refractivity contribution < 1.29 is 38.1 Å². The van der Waals surface area contributed by atoms with Crippen LogP contribution in [0.5, 0.6) is 17.2 Å². The second kappa shape index (κ2) is 16.1. The van der Waals surface area contributed by atoms with Gasteiger partial charge in [0.25, 0.3) is 5.91 Å². The van der Waals surface area contributed by atoms with Gasteiger partial charge in [0.2, 0.25) is 5.78 Å². The number of ether oxygens (including phenoxy) is 5. The third kappa shape index (κ3) is 8.98. The maximum atomic E-state index is 13.7. The molecule has 10 heteroatoms. The summed E-state index contributed by atoms with van der Waals surface area (Å²) in [5, 5.41) is 0. The smallest absolute Gasteiger partial charge is 0.329 e. The number of Topliss-reactive ketones (excluding diaryl/α,β-unsaturated/α-hetero) is 1. The van der Waals surface area contributed by atoms with Crippen LogP contribution in [-0.4, -0.2) is 93.7 Å². The number of amides is 1. The summed E-state index contributed by atoms with van der Waals surface area (Å²) in [6.45, 7) is 10.3. The minimum Gasteiger partial charge on any atom is -0.493 e. The summed E-state index contributed by atoms with van der Waals surface area (Å²) in [6, 6.07) is 12.6. The lowest BCUT2D eigenvalue weighted by Gasteiger charge is -2.28. The maximum absolute atomic E-state index is 13.7. The standard InChI is InChI=1S/C35H48N2O8/c1-6-35(2,3)32(38)33(39)37-16-8-11-28(37)34(40)45-29(14-12-25-13-15-30(41-4)31(23-25)42-5)26-9-7-10-27(24-26)44-22-19-36-17-20-43-21-18-36/h7,9-10,13,15,23-24,28-29H,6,8,11-12,14,16-22H2,1-5H3/t28-,29+/m1/s1. The monoisotopic (exact) mass is 624 g/mol. The van der Waals surface area contributed by atoms with E-state index in [1.807, 2.05) is 49.4 Å². The van der Waals surface area contributed by atoms with E-state index in [9.17, 15) is 14.4 Å². The highest BCUT2D eigenvalue weighted by Gasteiger charge is 2.42. The highest BCUT2D eigenvalue weighted by Crippen LogP contribution is 2.32. The number of likely N-dealkylation sites (tertiary alicyclic amines) is 1. The van der Waals surface area contributed by atoms with Crippen molar-refractivity contribution in [1.29, 1.82) is 0 Å². The molecule has 45 heavy (non-hydrogen) atoms. The lowest BCUT2D eigenvalue weighted by Crippen LogP contribution is -2.48. The average Bonchev–Trinajstić information content (AvgIpc) is 3.56. The number of morpholine rings is 1. The third-order valence-corrected chi connectivity index (χ3v) is 8.89. The minimum atomic E-state index is -0.800. The van der Waals surface area contributed by atoms with Gasteiger partial charge >= 0.3 is 5.97 Å². The first kappa shape index (κ1) is 34.2. The number of aryl methyl sites for hydroxylation is 1. The van der Waals surface area contributed by atoms with Crippen molar-refractivity contribution in [1.82, 2.24) is 9.80 Å².